The molecule has 0 spiro atoms. The van der Waals surface area contributed by atoms with Gasteiger partial charge in [0.15, 0.2) is 17.5 Å². The first-order chi connectivity index (χ1) is 13.9. The largest absolute Gasteiger partial charge is 0.493 e. The van der Waals surface area contributed by atoms with E-state index in [0.717, 1.165) is 29.9 Å². The fraction of sp³-hybridized carbons (Fsp3) is 0.636. The summed E-state index contributed by atoms with van der Waals surface area (Å²) >= 11 is 0. The molecule has 1 aliphatic rings. The van der Waals surface area contributed by atoms with Crippen LogP contribution in [0.5, 0.6) is 11.5 Å². The Labute approximate surface area is 197 Å². The Bertz CT molecular complexity index is 704. The minimum Gasteiger partial charge on any atom is -0.493 e. The zero-order valence-electron chi connectivity index (χ0n) is 18.8. The van der Waals surface area contributed by atoms with E-state index in [4.69, 9.17) is 9.47 Å². The molecule has 1 aromatic rings. The van der Waals surface area contributed by atoms with Crippen LogP contribution in [0.25, 0.3) is 0 Å². The van der Waals surface area contributed by atoms with Crippen LogP contribution >= 0.6 is 24.0 Å². The van der Waals surface area contributed by atoms with Crippen molar-refractivity contribution in [2.45, 2.75) is 59.1 Å². The molecule has 0 atom stereocenters. The predicted octanol–water partition coefficient (Wildman–Crippen LogP) is 3.46. The number of nitrogens with zero attached hydrogens (tertiary/aromatic N) is 1. The predicted molar refractivity (Wildman–Crippen MR) is 132 cm³/mol. The first kappa shape index (κ1) is 26.3. The SMILES string of the molecule is CCNC(=O)C(C)(C)CNC(=NC)NCc1cccc(OC)c1OC1CCCC1.I. The molecule has 1 aromatic carbocycles. The van der Waals surface area contributed by atoms with E-state index in [1.54, 1.807) is 14.2 Å². The van der Waals surface area contributed by atoms with Gasteiger partial charge in [-0.3, -0.25) is 9.79 Å². The first-order valence-corrected chi connectivity index (χ1v) is 10.5. The third-order valence-corrected chi connectivity index (χ3v) is 5.19. The second-order valence-corrected chi connectivity index (χ2v) is 8.00. The molecule has 0 heterocycles. The van der Waals surface area contributed by atoms with E-state index >= 15 is 0 Å². The molecule has 30 heavy (non-hydrogen) atoms. The van der Waals surface area contributed by atoms with Gasteiger partial charge >= 0.3 is 0 Å². The van der Waals surface area contributed by atoms with Crippen molar-refractivity contribution >= 4 is 35.8 Å². The third-order valence-electron chi connectivity index (χ3n) is 5.19. The Kier molecular flexibility index (Phi) is 11.3. The van der Waals surface area contributed by atoms with E-state index in [-0.39, 0.29) is 36.0 Å². The van der Waals surface area contributed by atoms with Gasteiger partial charge in [-0.25, -0.2) is 0 Å². The average molecular weight is 532 g/mol. The number of hydrogen-bond acceptors (Lipinski definition) is 4. The third kappa shape index (κ3) is 7.52. The lowest BCUT2D eigenvalue weighted by Gasteiger charge is -2.25. The normalized spacial score (nSPS) is 14.6. The van der Waals surface area contributed by atoms with Crippen molar-refractivity contribution in [3.8, 4) is 11.5 Å². The van der Waals surface area contributed by atoms with Crippen LogP contribution in [0.2, 0.25) is 0 Å². The van der Waals surface area contributed by atoms with Gasteiger partial charge in [0.1, 0.15) is 0 Å². The van der Waals surface area contributed by atoms with Gasteiger partial charge < -0.3 is 25.4 Å². The summed E-state index contributed by atoms with van der Waals surface area (Å²) in [5.41, 5.74) is 0.475. The Balaban J connectivity index is 0.00000450. The molecule has 170 valence electrons. The monoisotopic (exact) mass is 532 g/mol. The minimum absolute atomic E-state index is 0. The van der Waals surface area contributed by atoms with Crippen LogP contribution in [-0.2, 0) is 11.3 Å². The van der Waals surface area contributed by atoms with Gasteiger partial charge in [-0.15, -0.1) is 24.0 Å². The summed E-state index contributed by atoms with van der Waals surface area (Å²) in [6.07, 6.45) is 4.85. The zero-order valence-corrected chi connectivity index (χ0v) is 21.2. The maximum absolute atomic E-state index is 12.2. The number of benzene rings is 1. The summed E-state index contributed by atoms with van der Waals surface area (Å²) in [6, 6.07) is 5.92. The number of carbonyl (C=O) groups excluding carboxylic acids is 1. The number of amides is 1. The molecule has 1 amide bonds. The lowest BCUT2D eigenvalue weighted by molar-refractivity contribution is -0.128. The van der Waals surface area contributed by atoms with Crippen molar-refractivity contribution in [2.24, 2.45) is 10.4 Å². The highest BCUT2D eigenvalue weighted by molar-refractivity contribution is 14.0. The molecule has 0 radical (unpaired) electrons. The molecular formula is C22H37IN4O3. The molecule has 0 saturated heterocycles. The molecule has 7 nitrogen and oxygen atoms in total. The maximum atomic E-state index is 12.2. The van der Waals surface area contributed by atoms with Gasteiger partial charge in [0.2, 0.25) is 5.91 Å². The topological polar surface area (TPSA) is 84.0 Å². The molecule has 0 bridgehead atoms. The fourth-order valence-corrected chi connectivity index (χ4v) is 3.35. The minimum atomic E-state index is -0.541. The van der Waals surface area contributed by atoms with Crippen molar-refractivity contribution in [2.75, 3.05) is 27.2 Å². The van der Waals surface area contributed by atoms with Crippen molar-refractivity contribution in [3.05, 3.63) is 23.8 Å². The van der Waals surface area contributed by atoms with E-state index < -0.39 is 5.41 Å². The summed E-state index contributed by atoms with van der Waals surface area (Å²) in [6.45, 7) is 7.38. The van der Waals surface area contributed by atoms with Crippen LogP contribution in [0.15, 0.2) is 23.2 Å². The smallest absolute Gasteiger partial charge is 0.227 e. The van der Waals surface area contributed by atoms with Crippen LogP contribution in [0.3, 0.4) is 0 Å². The molecule has 8 heteroatoms. The molecule has 0 aliphatic heterocycles. The number of hydrogen-bond donors (Lipinski definition) is 3. The second kappa shape index (κ2) is 12.9. The van der Waals surface area contributed by atoms with E-state index in [2.05, 4.69) is 20.9 Å². The van der Waals surface area contributed by atoms with Crippen LogP contribution in [-0.4, -0.2) is 45.2 Å². The second-order valence-electron chi connectivity index (χ2n) is 8.00. The summed E-state index contributed by atoms with van der Waals surface area (Å²) in [5, 5.41) is 9.43. The van der Waals surface area contributed by atoms with Crippen molar-refractivity contribution < 1.29 is 14.3 Å². The van der Waals surface area contributed by atoms with Crippen molar-refractivity contribution in [1.29, 1.82) is 0 Å². The average Bonchev–Trinajstić information content (AvgIpc) is 3.22. The highest BCUT2D eigenvalue weighted by Gasteiger charge is 2.27. The van der Waals surface area contributed by atoms with Gasteiger partial charge in [0.25, 0.3) is 0 Å². The number of carbonyl (C=O) groups is 1. The molecule has 1 saturated carbocycles. The van der Waals surface area contributed by atoms with Crippen LogP contribution in [0.1, 0.15) is 52.0 Å². The van der Waals surface area contributed by atoms with Crippen molar-refractivity contribution in [1.82, 2.24) is 16.0 Å². The lowest BCUT2D eigenvalue weighted by atomic mass is 9.92. The number of ether oxygens (including phenoxy) is 2. The summed E-state index contributed by atoms with van der Waals surface area (Å²) in [4.78, 5) is 16.5. The van der Waals surface area contributed by atoms with Gasteiger partial charge in [0.05, 0.1) is 18.6 Å². The summed E-state index contributed by atoms with van der Waals surface area (Å²) < 4.78 is 11.8. The van der Waals surface area contributed by atoms with E-state index in [1.165, 1.54) is 12.8 Å². The van der Waals surface area contributed by atoms with Crippen LogP contribution in [0.4, 0.5) is 0 Å². The zero-order chi connectivity index (χ0) is 21.3. The highest BCUT2D eigenvalue weighted by Crippen LogP contribution is 2.34. The van der Waals surface area contributed by atoms with E-state index in [9.17, 15) is 4.79 Å². The van der Waals surface area contributed by atoms with E-state index in [0.29, 0.717) is 25.6 Å². The van der Waals surface area contributed by atoms with Crippen LogP contribution < -0.4 is 25.4 Å². The van der Waals surface area contributed by atoms with Gasteiger partial charge in [-0.1, -0.05) is 12.1 Å². The highest BCUT2D eigenvalue weighted by atomic mass is 127. The molecule has 3 N–H and O–H groups in total. The van der Waals surface area contributed by atoms with Gasteiger partial charge in [0, 0.05) is 32.2 Å². The van der Waals surface area contributed by atoms with Crippen LogP contribution in [0, 0.1) is 5.41 Å². The number of rotatable bonds is 9. The fourth-order valence-electron chi connectivity index (χ4n) is 3.35. The molecule has 2 rings (SSSR count). The summed E-state index contributed by atoms with van der Waals surface area (Å²) in [7, 11) is 3.38. The Morgan fingerprint density at radius 1 is 1.20 bits per heavy atom. The number of aliphatic imine (C=N–C) groups is 1. The molecule has 1 fully saturated rings. The Morgan fingerprint density at radius 2 is 1.90 bits per heavy atom. The molecule has 0 unspecified atom stereocenters. The number of halogens is 1. The first-order valence-electron chi connectivity index (χ1n) is 10.5. The molecule has 1 aliphatic carbocycles. The molecule has 0 aromatic heterocycles. The standard InChI is InChI=1S/C22H36N4O3.HI/c1-6-24-20(27)22(2,3)15-26-21(23-4)25-14-16-10-9-13-18(28-5)19(16)29-17-11-7-8-12-17;/h9-10,13,17H,6-8,11-12,14-15H2,1-5H3,(H,24,27)(H2,23,25,26);1H. The summed E-state index contributed by atoms with van der Waals surface area (Å²) in [5.74, 6) is 2.20. The number of para-hydroxylation sites is 1. The number of methoxy groups -OCH3 is 1. The Hall–Kier alpha value is -1.71. The number of guanidine groups is 1. The quantitative estimate of drug-likeness (QED) is 0.258. The lowest BCUT2D eigenvalue weighted by Crippen LogP contribution is -2.47. The molecular weight excluding hydrogens is 495 g/mol. The van der Waals surface area contributed by atoms with Crippen molar-refractivity contribution in [3.63, 3.8) is 0 Å². The van der Waals surface area contributed by atoms with Gasteiger partial charge in [-0.05, 0) is 52.5 Å². The number of nitrogens with one attached hydrogen (secondary N) is 3. The van der Waals surface area contributed by atoms with E-state index in [1.807, 2.05) is 39.0 Å². The Morgan fingerprint density at radius 3 is 2.50 bits per heavy atom. The van der Waals surface area contributed by atoms with Gasteiger partial charge in [-0.2, -0.15) is 0 Å². The maximum Gasteiger partial charge on any atom is 0.227 e.